The van der Waals surface area contributed by atoms with Crippen LogP contribution in [0.25, 0.3) is 11.1 Å². The summed E-state index contributed by atoms with van der Waals surface area (Å²) in [7, 11) is -5.19. The van der Waals surface area contributed by atoms with Crippen LogP contribution in [0.3, 0.4) is 0 Å². The van der Waals surface area contributed by atoms with E-state index < -0.39 is 73.1 Å². The highest BCUT2D eigenvalue weighted by molar-refractivity contribution is 7.46. The summed E-state index contributed by atoms with van der Waals surface area (Å²) in [5.41, 5.74) is -2.51. The highest BCUT2D eigenvalue weighted by atomic mass is 35.5. The smallest absolute Gasteiger partial charge is 0.484 e. The number of phosphoric acid groups is 1. The Balaban J connectivity index is 1.36. The Kier molecular flexibility index (Phi) is 10.5. The lowest BCUT2D eigenvalue weighted by Crippen LogP contribution is -2.71. The molecule has 5 bridgehead atoms. The van der Waals surface area contributed by atoms with E-state index in [1.165, 1.54) is 36.4 Å². The van der Waals surface area contributed by atoms with Gasteiger partial charge in [0.15, 0.2) is 19.0 Å². The van der Waals surface area contributed by atoms with E-state index in [0.29, 0.717) is 31.2 Å². The van der Waals surface area contributed by atoms with Gasteiger partial charge < -0.3 is 29.4 Å². The molecule has 8 rings (SSSR count). The van der Waals surface area contributed by atoms with Crippen molar-refractivity contribution in [3.63, 3.8) is 0 Å². The van der Waals surface area contributed by atoms with Crippen LogP contribution in [0.2, 0.25) is 10.0 Å². The number of carbonyl (C=O) groups is 3. The third kappa shape index (κ3) is 8.27. The van der Waals surface area contributed by atoms with Crippen molar-refractivity contribution < 1.29 is 56.3 Å². The molecule has 53 heavy (non-hydrogen) atoms. The predicted octanol–water partition coefficient (Wildman–Crippen LogP) is 6.46. The summed E-state index contributed by atoms with van der Waals surface area (Å²) < 4.78 is 64.5. The minimum absolute atomic E-state index is 0.0635. The van der Waals surface area contributed by atoms with E-state index >= 15 is 4.39 Å². The molecule has 284 valence electrons. The van der Waals surface area contributed by atoms with Gasteiger partial charge in [-0.1, -0.05) is 43.1 Å². The molecule has 1 atom stereocenters. The number of esters is 1. The fraction of sp³-hybridized carbons (Fsp3) is 0.417. The van der Waals surface area contributed by atoms with Crippen molar-refractivity contribution in [2.24, 2.45) is 0 Å². The number of hydrogen-bond donors (Lipinski definition) is 4. The van der Waals surface area contributed by atoms with Gasteiger partial charge >= 0.3 is 13.8 Å². The summed E-state index contributed by atoms with van der Waals surface area (Å²) >= 11 is 11.9. The molecule has 2 heterocycles. The number of halogens is 4. The van der Waals surface area contributed by atoms with Gasteiger partial charge in [0.05, 0.1) is 27.6 Å². The molecule has 3 aromatic rings. The quantitative estimate of drug-likeness (QED) is 0.161. The van der Waals surface area contributed by atoms with Crippen molar-refractivity contribution in [3.8, 4) is 28.4 Å². The SMILES string of the molecule is Cc1cc2cc(OP(=O)(O)O)c1C(C)(C)CC(=O)O[C@H]1CC3(CCC1(NC(=O)COc1ccc(Cl)c(F)c1)CC3)NC(=O)COc1ccc(Cl)c(F)c1-2. The van der Waals surface area contributed by atoms with Crippen LogP contribution in [0.5, 0.6) is 17.2 Å². The molecule has 5 aliphatic rings. The second-order valence-electron chi connectivity index (χ2n) is 14.4. The molecule has 2 amide bonds. The summed E-state index contributed by atoms with van der Waals surface area (Å²) in [5, 5.41) is 5.66. The number of amides is 2. The third-order valence-electron chi connectivity index (χ3n) is 10.1. The summed E-state index contributed by atoms with van der Waals surface area (Å²) in [6.45, 7) is 3.92. The number of fused-ring (bicyclic) bond motifs is 10. The molecule has 0 aromatic heterocycles. The van der Waals surface area contributed by atoms with Crippen LogP contribution in [0.4, 0.5) is 8.78 Å². The molecule has 12 nitrogen and oxygen atoms in total. The molecule has 2 aliphatic heterocycles. The Morgan fingerprint density at radius 2 is 1.75 bits per heavy atom. The van der Waals surface area contributed by atoms with Gasteiger partial charge in [-0.15, -0.1) is 0 Å². The first kappa shape index (κ1) is 38.8. The van der Waals surface area contributed by atoms with Crippen molar-refractivity contribution in [2.75, 3.05) is 13.2 Å². The highest BCUT2D eigenvalue weighted by Crippen LogP contribution is 2.51. The van der Waals surface area contributed by atoms with E-state index in [0.717, 1.165) is 6.07 Å². The van der Waals surface area contributed by atoms with Gasteiger partial charge in [-0.05, 0) is 74.1 Å². The predicted molar refractivity (Wildman–Crippen MR) is 189 cm³/mol. The molecule has 3 saturated carbocycles. The second kappa shape index (κ2) is 14.4. The van der Waals surface area contributed by atoms with Crippen LogP contribution in [-0.2, 0) is 29.1 Å². The lowest BCUT2D eigenvalue weighted by Gasteiger charge is -2.57. The average molecular weight is 798 g/mol. The van der Waals surface area contributed by atoms with Crippen molar-refractivity contribution in [3.05, 3.63) is 75.3 Å². The van der Waals surface area contributed by atoms with Crippen LogP contribution < -0.4 is 24.6 Å². The molecule has 0 unspecified atom stereocenters. The largest absolute Gasteiger partial charge is 0.524 e. The number of aryl methyl sites for hydroxylation is 1. The van der Waals surface area contributed by atoms with Gasteiger partial charge in [0, 0.05) is 29.0 Å². The number of hydrogen-bond acceptors (Lipinski definition) is 8. The maximum absolute atomic E-state index is 15.7. The summed E-state index contributed by atoms with van der Waals surface area (Å²) in [6, 6.07) is 9.16. The Morgan fingerprint density at radius 1 is 1.06 bits per heavy atom. The fourth-order valence-electron chi connectivity index (χ4n) is 7.83. The van der Waals surface area contributed by atoms with Crippen LogP contribution in [-0.4, -0.2) is 58.0 Å². The summed E-state index contributed by atoms with van der Waals surface area (Å²) in [6.07, 6.45) is 0.343. The van der Waals surface area contributed by atoms with Gasteiger partial charge in [0.25, 0.3) is 11.8 Å². The topological polar surface area (TPSA) is 170 Å². The number of carbonyl (C=O) groups excluding carboxylic acids is 3. The lowest BCUT2D eigenvalue weighted by molar-refractivity contribution is -0.168. The van der Waals surface area contributed by atoms with Crippen LogP contribution in [0.1, 0.15) is 63.5 Å². The number of phosphoric ester groups is 1. The Morgan fingerprint density at radius 3 is 2.43 bits per heavy atom. The van der Waals surface area contributed by atoms with Crippen molar-refractivity contribution in [1.82, 2.24) is 10.6 Å². The van der Waals surface area contributed by atoms with E-state index in [1.54, 1.807) is 20.8 Å². The van der Waals surface area contributed by atoms with Crippen molar-refractivity contribution >= 4 is 48.8 Å². The minimum Gasteiger partial charge on any atom is -0.484 e. The molecule has 0 saturated heterocycles. The molecular formula is C36H37Cl2F2N2O10P. The number of benzene rings is 3. The van der Waals surface area contributed by atoms with Crippen LogP contribution in [0, 0.1) is 18.6 Å². The summed E-state index contributed by atoms with van der Waals surface area (Å²) in [5.74, 6) is -3.69. The third-order valence-corrected chi connectivity index (χ3v) is 11.1. The molecule has 3 aromatic carbocycles. The standard InChI is InChI=1S/C36H37Cl2F2N2O10P/c1-19-12-20-13-26(52-53(46,47)48)32(19)34(2,3)16-30(45)51-27-15-35(41-28(43)18-50-25-7-6-23(38)33(40)31(20)25)8-10-36(27,11-9-35)42-29(44)17-49-21-4-5-22(37)24(39)14-21/h4-7,12-14,27H,8-11,15-18H2,1-3H3,(H,41,43)(H,42,44)(H2,46,47,48)/t27-,35?,36?/m0/s1. The number of nitrogens with one attached hydrogen (secondary N) is 2. The van der Waals surface area contributed by atoms with E-state index in [-0.39, 0.29) is 56.8 Å². The zero-order chi connectivity index (χ0) is 38.5. The second-order valence-corrected chi connectivity index (χ2v) is 16.4. The summed E-state index contributed by atoms with van der Waals surface area (Å²) in [4.78, 5) is 60.3. The first-order valence-corrected chi connectivity index (χ1v) is 19.0. The maximum Gasteiger partial charge on any atom is 0.524 e. The van der Waals surface area contributed by atoms with Gasteiger partial charge in [0.1, 0.15) is 29.2 Å². The first-order valence-electron chi connectivity index (χ1n) is 16.7. The molecule has 4 N–H and O–H groups in total. The minimum atomic E-state index is -5.19. The molecule has 3 aliphatic carbocycles. The monoisotopic (exact) mass is 796 g/mol. The highest BCUT2D eigenvalue weighted by Gasteiger charge is 2.57. The van der Waals surface area contributed by atoms with Crippen molar-refractivity contribution in [1.29, 1.82) is 0 Å². The van der Waals surface area contributed by atoms with E-state index in [4.69, 9.17) is 41.9 Å². The van der Waals surface area contributed by atoms with Gasteiger partial charge in [0.2, 0.25) is 0 Å². The first-order chi connectivity index (χ1) is 24.8. The molecule has 0 radical (unpaired) electrons. The van der Waals surface area contributed by atoms with Gasteiger partial charge in [-0.2, -0.15) is 0 Å². The molecule has 17 heteroatoms. The van der Waals surface area contributed by atoms with E-state index in [2.05, 4.69) is 10.6 Å². The lowest BCUT2D eigenvalue weighted by atomic mass is 9.59. The van der Waals surface area contributed by atoms with E-state index in [9.17, 15) is 33.1 Å². The van der Waals surface area contributed by atoms with Crippen LogP contribution in [0.15, 0.2) is 42.5 Å². The molecule has 3 fully saturated rings. The number of rotatable bonds is 6. The van der Waals surface area contributed by atoms with Crippen molar-refractivity contribution in [2.45, 2.75) is 81.9 Å². The Labute approximate surface area is 313 Å². The van der Waals surface area contributed by atoms with E-state index in [1.807, 2.05) is 0 Å². The molecular weight excluding hydrogens is 760 g/mol. The number of ether oxygens (including phenoxy) is 3. The fourth-order valence-corrected chi connectivity index (χ4v) is 8.50. The van der Waals surface area contributed by atoms with Gasteiger partial charge in [-0.3, -0.25) is 24.2 Å². The average Bonchev–Trinajstić information content (AvgIpc) is 3.05. The Bertz CT molecular complexity index is 2030. The van der Waals surface area contributed by atoms with Gasteiger partial charge in [-0.25, -0.2) is 13.3 Å². The Hall–Kier alpha value is -3.94. The maximum atomic E-state index is 15.7. The normalized spacial score (nSPS) is 23.9. The van der Waals surface area contributed by atoms with Crippen LogP contribution >= 0.6 is 31.0 Å². The zero-order valence-corrected chi connectivity index (χ0v) is 31.3. The zero-order valence-electron chi connectivity index (χ0n) is 28.9. The molecule has 1 spiro atoms.